The number of rotatable bonds is 8. The summed E-state index contributed by atoms with van der Waals surface area (Å²) in [6.45, 7) is 2.77. The Morgan fingerprint density at radius 1 is 1.37 bits per heavy atom. The van der Waals surface area contributed by atoms with E-state index in [4.69, 9.17) is 5.73 Å². The van der Waals surface area contributed by atoms with E-state index in [0.29, 0.717) is 28.1 Å². The van der Waals surface area contributed by atoms with Crippen molar-refractivity contribution in [2.75, 3.05) is 17.6 Å². The predicted molar refractivity (Wildman–Crippen MR) is 101 cm³/mol. The van der Waals surface area contributed by atoms with Crippen LogP contribution in [0.2, 0.25) is 0 Å². The number of fused-ring (bicyclic) bond motifs is 1. The topological polar surface area (TPSA) is 145 Å². The fourth-order valence-corrected chi connectivity index (χ4v) is 2.82. The lowest BCUT2D eigenvalue weighted by atomic mass is 10.1. The highest BCUT2D eigenvalue weighted by Gasteiger charge is 2.18. The molecule has 3 rings (SSSR count). The van der Waals surface area contributed by atoms with E-state index in [0.717, 1.165) is 19.4 Å². The van der Waals surface area contributed by atoms with Crippen LogP contribution in [0.3, 0.4) is 0 Å². The second-order valence-corrected chi connectivity index (χ2v) is 6.13. The van der Waals surface area contributed by atoms with Gasteiger partial charge in [0.1, 0.15) is 5.52 Å². The van der Waals surface area contributed by atoms with Crippen LogP contribution in [0.15, 0.2) is 24.5 Å². The van der Waals surface area contributed by atoms with Crippen LogP contribution in [0.5, 0.6) is 0 Å². The van der Waals surface area contributed by atoms with Crippen molar-refractivity contribution in [1.29, 1.82) is 0 Å². The standard InChI is InChI=1S/C17H21N7O3/c1-2-3-6-19-15-14-16(22-17(18)21-15)20-10-23(14)8-12-5-4-11(9-25)7-13(12)24(26)27/h4-5,7,10,25H,2-3,6,8-9H2,1H3,(H3,18,19,21,22). The highest BCUT2D eigenvalue weighted by atomic mass is 16.6. The van der Waals surface area contributed by atoms with Crippen LogP contribution >= 0.6 is 0 Å². The number of nitrogens with two attached hydrogens (primary N) is 1. The average Bonchev–Trinajstić information content (AvgIpc) is 3.04. The van der Waals surface area contributed by atoms with Gasteiger partial charge in [-0.2, -0.15) is 9.97 Å². The number of hydrogen-bond acceptors (Lipinski definition) is 8. The quantitative estimate of drug-likeness (QED) is 0.310. The molecule has 0 saturated heterocycles. The number of nitro benzene ring substituents is 1. The van der Waals surface area contributed by atoms with Crippen LogP contribution < -0.4 is 11.1 Å². The van der Waals surface area contributed by atoms with Crippen molar-refractivity contribution in [3.05, 3.63) is 45.8 Å². The Morgan fingerprint density at radius 2 is 2.19 bits per heavy atom. The Hall–Kier alpha value is -3.27. The first kappa shape index (κ1) is 18.5. The van der Waals surface area contributed by atoms with E-state index in [1.54, 1.807) is 23.0 Å². The van der Waals surface area contributed by atoms with E-state index in [1.165, 1.54) is 6.07 Å². The molecule has 2 heterocycles. The molecule has 0 fully saturated rings. The number of nitrogens with one attached hydrogen (secondary N) is 1. The van der Waals surface area contributed by atoms with Gasteiger partial charge in [0.25, 0.3) is 5.69 Å². The highest BCUT2D eigenvalue weighted by molar-refractivity contribution is 5.84. The number of aliphatic hydroxyl groups excluding tert-OH is 1. The molecule has 27 heavy (non-hydrogen) atoms. The summed E-state index contributed by atoms with van der Waals surface area (Å²) in [5.74, 6) is 0.670. The molecule has 142 valence electrons. The van der Waals surface area contributed by atoms with Gasteiger partial charge in [-0.3, -0.25) is 10.1 Å². The molecule has 4 N–H and O–H groups in total. The molecule has 0 saturated carbocycles. The fourth-order valence-electron chi connectivity index (χ4n) is 2.82. The zero-order valence-electron chi connectivity index (χ0n) is 14.9. The van der Waals surface area contributed by atoms with Crippen LogP contribution in [-0.2, 0) is 13.2 Å². The number of hydrogen-bond donors (Lipinski definition) is 3. The van der Waals surface area contributed by atoms with Gasteiger partial charge in [-0.05, 0) is 18.1 Å². The maximum absolute atomic E-state index is 11.4. The van der Waals surface area contributed by atoms with E-state index in [-0.39, 0.29) is 24.8 Å². The number of aliphatic hydroxyl groups is 1. The van der Waals surface area contributed by atoms with Gasteiger partial charge in [0, 0.05) is 18.2 Å². The van der Waals surface area contributed by atoms with Crippen LogP contribution in [0, 0.1) is 10.1 Å². The zero-order chi connectivity index (χ0) is 19.4. The summed E-state index contributed by atoms with van der Waals surface area (Å²) in [5, 5.41) is 23.9. The van der Waals surface area contributed by atoms with Gasteiger partial charge < -0.3 is 20.7 Å². The Balaban J connectivity index is 2.02. The van der Waals surface area contributed by atoms with E-state index < -0.39 is 4.92 Å². The molecule has 0 aliphatic heterocycles. The molecule has 0 aliphatic rings. The van der Waals surface area contributed by atoms with Crippen molar-refractivity contribution in [3.63, 3.8) is 0 Å². The molecule has 0 unspecified atom stereocenters. The molecule has 10 heteroatoms. The average molecular weight is 371 g/mol. The molecule has 1 aromatic carbocycles. The molecule has 3 aromatic rings. The van der Waals surface area contributed by atoms with Crippen LogP contribution in [0.4, 0.5) is 17.5 Å². The van der Waals surface area contributed by atoms with Crippen molar-refractivity contribution in [2.24, 2.45) is 0 Å². The first-order valence-electron chi connectivity index (χ1n) is 8.62. The van der Waals surface area contributed by atoms with E-state index in [1.807, 2.05) is 0 Å². The lowest BCUT2D eigenvalue weighted by molar-refractivity contribution is -0.385. The first-order valence-corrected chi connectivity index (χ1v) is 8.62. The van der Waals surface area contributed by atoms with Crippen molar-refractivity contribution in [3.8, 4) is 0 Å². The fraction of sp³-hybridized carbons (Fsp3) is 0.353. The highest BCUT2D eigenvalue weighted by Crippen LogP contribution is 2.26. The van der Waals surface area contributed by atoms with Crippen molar-refractivity contribution in [1.82, 2.24) is 19.5 Å². The van der Waals surface area contributed by atoms with E-state index in [2.05, 4.69) is 27.2 Å². The van der Waals surface area contributed by atoms with E-state index >= 15 is 0 Å². The predicted octanol–water partition coefficient (Wildman–Crippen LogP) is 2.07. The Morgan fingerprint density at radius 3 is 2.89 bits per heavy atom. The molecule has 0 amide bonds. The van der Waals surface area contributed by atoms with Gasteiger partial charge in [0.05, 0.1) is 24.4 Å². The summed E-state index contributed by atoms with van der Waals surface area (Å²) >= 11 is 0. The third kappa shape index (κ3) is 3.95. The largest absolute Gasteiger partial charge is 0.392 e. The molecule has 0 spiro atoms. The second kappa shape index (κ2) is 7.96. The molecule has 0 aliphatic carbocycles. The Bertz CT molecular complexity index is 971. The summed E-state index contributed by atoms with van der Waals surface area (Å²) in [7, 11) is 0. The molecule has 0 atom stereocenters. The minimum Gasteiger partial charge on any atom is -0.392 e. The maximum Gasteiger partial charge on any atom is 0.274 e. The third-order valence-corrected chi connectivity index (χ3v) is 4.18. The number of unbranched alkanes of at least 4 members (excludes halogenated alkanes) is 1. The molecular weight excluding hydrogens is 350 g/mol. The van der Waals surface area contributed by atoms with Crippen LogP contribution in [0.25, 0.3) is 11.2 Å². The lowest BCUT2D eigenvalue weighted by Crippen LogP contribution is -2.09. The van der Waals surface area contributed by atoms with E-state index in [9.17, 15) is 15.2 Å². The molecule has 0 radical (unpaired) electrons. The monoisotopic (exact) mass is 371 g/mol. The summed E-state index contributed by atoms with van der Waals surface area (Å²) in [6.07, 6.45) is 3.56. The molecular formula is C17H21N7O3. The number of nitrogens with zero attached hydrogens (tertiary/aromatic N) is 5. The molecule has 2 aromatic heterocycles. The summed E-state index contributed by atoms with van der Waals surface area (Å²) in [6, 6.07) is 4.68. The van der Waals surface area contributed by atoms with Crippen molar-refractivity contribution >= 4 is 28.6 Å². The number of benzene rings is 1. The van der Waals surface area contributed by atoms with Gasteiger partial charge in [0.2, 0.25) is 5.95 Å². The first-order chi connectivity index (χ1) is 13.0. The van der Waals surface area contributed by atoms with Crippen LogP contribution in [-0.4, -0.2) is 36.1 Å². The van der Waals surface area contributed by atoms with Gasteiger partial charge >= 0.3 is 0 Å². The SMILES string of the molecule is CCCCNc1nc(N)nc2ncn(Cc3ccc(CO)cc3[N+](=O)[O-])c12. The van der Waals surface area contributed by atoms with Crippen molar-refractivity contribution in [2.45, 2.75) is 32.9 Å². The minimum atomic E-state index is -0.456. The second-order valence-electron chi connectivity index (χ2n) is 6.13. The number of imidazole rings is 1. The maximum atomic E-state index is 11.4. The Labute approximate surface area is 155 Å². The number of nitro groups is 1. The number of nitrogen functional groups attached to an aromatic ring is 1. The molecule has 10 nitrogen and oxygen atoms in total. The van der Waals surface area contributed by atoms with Crippen LogP contribution in [0.1, 0.15) is 30.9 Å². The van der Waals surface area contributed by atoms with Gasteiger partial charge in [-0.1, -0.05) is 19.4 Å². The number of aromatic nitrogens is 4. The van der Waals surface area contributed by atoms with Crippen molar-refractivity contribution < 1.29 is 10.0 Å². The van der Waals surface area contributed by atoms with Gasteiger partial charge in [-0.25, -0.2) is 4.98 Å². The zero-order valence-corrected chi connectivity index (χ0v) is 14.9. The Kier molecular flexibility index (Phi) is 5.46. The smallest absolute Gasteiger partial charge is 0.274 e. The summed E-state index contributed by atoms with van der Waals surface area (Å²) < 4.78 is 1.75. The normalized spacial score (nSPS) is 11.0. The molecule has 0 bridgehead atoms. The lowest BCUT2D eigenvalue weighted by Gasteiger charge is -2.11. The van der Waals surface area contributed by atoms with Gasteiger partial charge in [-0.15, -0.1) is 0 Å². The summed E-state index contributed by atoms with van der Waals surface area (Å²) in [4.78, 5) is 23.6. The minimum absolute atomic E-state index is 0.0553. The van der Waals surface area contributed by atoms with Gasteiger partial charge in [0.15, 0.2) is 11.5 Å². The third-order valence-electron chi connectivity index (χ3n) is 4.18. The summed E-state index contributed by atoms with van der Waals surface area (Å²) in [5.41, 5.74) is 7.75. The number of anilines is 2.